The van der Waals surface area contributed by atoms with Gasteiger partial charge in [0.05, 0.1) is 6.61 Å². The van der Waals surface area contributed by atoms with E-state index >= 15 is 0 Å². The minimum absolute atomic E-state index is 0.103. The Morgan fingerprint density at radius 2 is 1.76 bits per heavy atom. The molecule has 0 amide bonds. The van der Waals surface area contributed by atoms with Crippen LogP contribution in [0, 0.1) is 11.7 Å². The van der Waals surface area contributed by atoms with Crippen molar-refractivity contribution in [2.24, 2.45) is 5.92 Å². The van der Waals surface area contributed by atoms with Crippen LogP contribution in [0.1, 0.15) is 32.4 Å². The molecule has 0 aromatic heterocycles. The summed E-state index contributed by atoms with van der Waals surface area (Å²) in [5.41, 5.74) is 1.92. The lowest BCUT2D eigenvalue weighted by molar-refractivity contribution is 0.271. The summed E-state index contributed by atoms with van der Waals surface area (Å²) >= 11 is 0. The van der Waals surface area contributed by atoms with Gasteiger partial charge in [-0.2, -0.15) is 0 Å². The van der Waals surface area contributed by atoms with E-state index in [2.05, 4.69) is 26.1 Å². The molecule has 2 nitrogen and oxygen atoms in total. The smallest absolute Gasteiger partial charge is 0.125 e. The van der Waals surface area contributed by atoms with Crippen LogP contribution in [-0.4, -0.2) is 6.61 Å². The second-order valence-electron chi connectivity index (χ2n) is 5.65. The number of rotatable bonds is 6. The molecule has 0 aliphatic heterocycles. The molecule has 2 rings (SSSR count). The molecule has 0 saturated carbocycles. The van der Waals surface area contributed by atoms with E-state index < -0.39 is 0 Å². The van der Waals surface area contributed by atoms with Crippen molar-refractivity contribution in [3.8, 4) is 5.75 Å². The van der Waals surface area contributed by atoms with Gasteiger partial charge in [0.15, 0.2) is 0 Å². The van der Waals surface area contributed by atoms with Gasteiger partial charge >= 0.3 is 0 Å². The zero-order valence-corrected chi connectivity index (χ0v) is 12.8. The number of nitrogens with one attached hydrogen (secondary N) is 1. The maximum atomic E-state index is 13.2. The van der Waals surface area contributed by atoms with Crippen molar-refractivity contribution in [3.63, 3.8) is 0 Å². The molecular formula is C18H22FNO. The van der Waals surface area contributed by atoms with Crippen LogP contribution in [0.15, 0.2) is 48.5 Å². The van der Waals surface area contributed by atoms with E-state index in [1.54, 1.807) is 6.07 Å². The van der Waals surface area contributed by atoms with Crippen LogP contribution in [0.25, 0.3) is 0 Å². The van der Waals surface area contributed by atoms with Gasteiger partial charge in [0.2, 0.25) is 0 Å². The van der Waals surface area contributed by atoms with Crippen molar-refractivity contribution in [1.29, 1.82) is 0 Å². The Morgan fingerprint density at radius 3 is 2.38 bits per heavy atom. The molecule has 2 aromatic carbocycles. The third kappa shape index (κ3) is 4.78. The summed E-state index contributed by atoms with van der Waals surface area (Å²) in [5, 5.41) is 3.29. The third-order valence-electron chi connectivity index (χ3n) is 3.17. The van der Waals surface area contributed by atoms with Gasteiger partial charge in [-0.15, -0.1) is 0 Å². The number of halogens is 1. The number of hydrogen-bond acceptors (Lipinski definition) is 2. The summed E-state index contributed by atoms with van der Waals surface area (Å²) in [7, 11) is 0. The van der Waals surface area contributed by atoms with Gasteiger partial charge in [0.1, 0.15) is 11.6 Å². The normalized spacial score (nSPS) is 12.2. The van der Waals surface area contributed by atoms with Crippen LogP contribution in [0.5, 0.6) is 5.75 Å². The topological polar surface area (TPSA) is 21.3 Å². The van der Waals surface area contributed by atoms with E-state index in [1.165, 1.54) is 12.1 Å². The van der Waals surface area contributed by atoms with Gasteiger partial charge in [0.25, 0.3) is 0 Å². The first-order valence-corrected chi connectivity index (χ1v) is 7.29. The Morgan fingerprint density at radius 1 is 1.05 bits per heavy atom. The standard InChI is InChI=1S/C18H22FNO/c1-13(2)12-21-18-9-7-15(8-10-18)14(3)20-17-6-4-5-16(19)11-17/h4-11,13-14,20H,12H2,1-3H3. The van der Waals surface area contributed by atoms with Gasteiger partial charge in [-0.1, -0.05) is 32.0 Å². The number of anilines is 1. The molecule has 0 spiro atoms. The Hall–Kier alpha value is -2.03. The third-order valence-corrected chi connectivity index (χ3v) is 3.17. The number of benzene rings is 2. The van der Waals surface area contributed by atoms with Crippen LogP contribution >= 0.6 is 0 Å². The molecule has 0 saturated heterocycles. The molecule has 3 heteroatoms. The fourth-order valence-corrected chi connectivity index (χ4v) is 2.03. The summed E-state index contributed by atoms with van der Waals surface area (Å²) in [6.07, 6.45) is 0. The first kappa shape index (κ1) is 15.4. The zero-order chi connectivity index (χ0) is 15.2. The van der Waals surface area contributed by atoms with Crippen molar-refractivity contribution in [2.75, 3.05) is 11.9 Å². The van der Waals surface area contributed by atoms with Gasteiger partial charge < -0.3 is 10.1 Å². The monoisotopic (exact) mass is 287 g/mol. The highest BCUT2D eigenvalue weighted by Crippen LogP contribution is 2.22. The second-order valence-corrected chi connectivity index (χ2v) is 5.65. The van der Waals surface area contributed by atoms with E-state index in [9.17, 15) is 4.39 Å². The molecule has 1 atom stereocenters. The fraction of sp³-hybridized carbons (Fsp3) is 0.333. The van der Waals surface area contributed by atoms with Gasteiger partial charge in [-0.3, -0.25) is 0 Å². The highest BCUT2D eigenvalue weighted by atomic mass is 19.1. The zero-order valence-electron chi connectivity index (χ0n) is 12.8. The molecule has 0 radical (unpaired) electrons. The maximum Gasteiger partial charge on any atom is 0.125 e. The SMILES string of the molecule is CC(C)COc1ccc(C(C)Nc2cccc(F)c2)cc1. The predicted molar refractivity (Wildman–Crippen MR) is 85.2 cm³/mol. The summed E-state index contributed by atoms with van der Waals surface area (Å²) in [6, 6.07) is 14.6. The summed E-state index contributed by atoms with van der Waals surface area (Å²) in [6.45, 7) is 7.02. The van der Waals surface area contributed by atoms with Crippen molar-refractivity contribution in [2.45, 2.75) is 26.8 Å². The molecule has 1 unspecified atom stereocenters. The van der Waals surface area contributed by atoms with Crippen molar-refractivity contribution < 1.29 is 9.13 Å². The maximum absolute atomic E-state index is 13.2. The highest BCUT2D eigenvalue weighted by Gasteiger charge is 2.06. The molecule has 0 bridgehead atoms. The molecule has 2 aromatic rings. The van der Waals surface area contributed by atoms with Gasteiger partial charge in [-0.25, -0.2) is 4.39 Å². The molecule has 21 heavy (non-hydrogen) atoms. The lowest BCUT2D eigenvalue weighted by Gasteiger charge is -2.16. The molecule has 0 aliphatic carbocycles. The first-order valence-electron chi connectivity index (χ1n) is 7.29. The molecule has 0 fully saturated rings. The average Bonchev–Trinajstić information content (AvgIpc) is 2.45. The molecule has 112 valence electrons. The van der Waals surface area contributed by atoms with Crippen molar-refractivity contribution in [3.05, 3.63) is 59.9 Å². The van der Waals surface area contributed by atoms with Crippen LogP contribution in [0.4, 0.5) is 10.1 Å². The lowest BCUT2D eigenvalue weighted by Crippen LogP contribution is -2.07. The molecule has 1 N–H and O–H groups in total. The largest absolute Gasteiger partial charge is 0.493 e. The Bertz CT molecular complexity index is 566. The molecule has 0 heterocycles. The van der Waals surface area contributed by atoms with Crippen molar-refractivity contribution >= 4 is 5.69 Å². The van der Waals surface area contributed by atoms with E-state index in [4.69, 9.17) is 4.74 Å². The Balaban J connectivity index is 1.97. The summed E-state index contributed by atoms with van der Waals surface area (Å²) in [5.74, 6) is 1.16. The van der Waals surface area contributed by atoms with Crippen LogP contribution < -0.4 is 10.1 Å². The molecular weight excluding hydrogens is 265 g/mol. The van der Waals surface area contributed by atoms with E-state index in [0.29, 0.717) is 5.92 Å². The van der Waals surface area contributed by atoms with Gasteiger partial charge in [-0.05, 0) is 48.7 Å². The Labute approximate surface area is 126 Å². The quantitative estimate of drug-likeness (QED) is 0.804. The van der Waals surface area contributed by atoms with Crippen LogP contribution in [0.2, 0.25) is 0 Å². The van der Waals surface area contributed by atoms with Crippen molar-refractivity contribution in [1.82, 2.24) is 0 Å². The Kier molecular flexibility index (Phi) is 5.20. The van der Waals surface area contributed by atoms with Gasteiger partial charge in [0, 0.05) is 11.7 Å². The van der Waals surface area contributed by atoms with E-state index in [1.807, 2.05) is 30.3 Å². The van der Waals surface area contributed by atoms with Crippen LogP contribution in [-0.2, 0) is 0 Å². The summed E-state index contributed by atoms with van der Waals surface area (Å²) in [4.78, 5) is 0. The molecule has 0 aliphatic rings. The average molecular weight is 287 g/mol. The first-order chi connectivity index (χ1) is 10.0. The van der Waals surface area contributed by atoms with E-state index in [-0.39, 0.29) is 11.9 Å². The second kappa shape index (κ2) is 7.11. The number of ether oxygens (including phenoxy) is 1. The fourth-order valence-electron chi connectivity index (χ4n) is 2.03. The minimum atomic E-state index is -0.232. The van der Waals surface area contributed by atoms with E-state index in [0.717, 1.165) is 23.6 Å². The number of hydrogen-bond donors (Lipinski definition) is 1. The van der Waals surface area contributed by atoms with Crippen LogP contribution in [0.3, 0.4) is 0 Å². The lowest BCUT2D eigenvalue weighted by atomic mass is 10.1. The highest BCUT2D eigenvalue weighted by molar-refractivity contribution is 5.45. The summed E-state index contributed by atoms with van der Waals surface area (Å²) < 4.78 is 18.8. The predicted octanol–water partition coefficient (Wildman–Crippen LogP) is 5.03. The minimum Gasteiger partial charge on any atom is -0.493 e.